The Hall–Kier alpha value is -4.30. The summed E-state index contributed by atoms with van der Waals surface area (Å²) in [6.07, 6.45) is 8.46. The number of rotatable bonds is 10. The highest BCUT2D eigenvalue weighted by Crippen LogP contribution is 2.35. The van der Waals surface area contributed by atoms with Gasteiger partial charge in [0.05, 0.1) is 24.1 Å². The predicted molar refractivity (Wildman–Crippen MR) is 178 cm³/mol. The Morgan fingerprint density at radius 1 is 1.22 bits per heavy atom. The highest BCUT2D eigenvalue weighted by molar-refractivity contribution is 5.96. The first-order valence-corrected chi connectivity index (χ1v) is 16.3. The maximum atomic E-state index is 13.9. The molecule has 1 amide bonds. The van der Waals surface area contributed by atoms with Crippen LogP contribution in [-0.4, -0.2) is 95.7 Å². The van der Waals surface area contributed by atoms with Crippen LogP contribution in [0.25, 0.3) is 15.6 Å². The van der Waals surface area contributed by atoms with Gasteiger partial charge in [-0.2, -0.15) is 9.97 Å². The maximum Gasteiger partial charge on any atom is 0.318 e. The summed E-state index contributed by atoms with van der Waals surface area (Å²) in [5.41, 5.74) is 4.21. The normalized spacial score (nSPS) is 19.0. The molecule has 1 aromatic carbocycles. The Balaban J connectivity index is 1.30. The fourth-order valence-corrected chi connectivity index (χ4v) is 6.88. The van der Waals surface area contributed by atoms with Crippen molar-refractivity contribution in [1.82, 2.24) is 24.8 Å². The van der Waals surface area contributed by atoms with Crippen molar-refractivity contribution in [2.24, 2.45) is 5.92 Å². The third kappa shape index (κ3) is 6.49. The second-order valence-corrected chi connectivity index (χ2v) is 13.0. The van der Waals surface area contributed by atoms with Gasteiger partial charge in [0.25, 0.3) is 5.91 Å². The lowest BCUT2D eigenvalue weighted by atomic mass is 9.85. The molecule has 2 aliphatic heterocycles. The molecule has 3 aromatic rings. The van der Waals surface area contributed by atoms with Crippen LogP contribution in [0, 0.1) is 19.4 Å². The molecule has 0 N–H and O–H groups in total. The van der Waals surface area contributed by atoms with Crippen molar-refractivity contribution in [3.63, 3.8) is 0 Å². The number of nitrogens with zero attached hydrogens (tertiary/aromatic N) is 8. The van der Waals surface area contributed by atoms with Gasteiger partial charge in [0.15, 0.2) is 5.83 Å². The average Bonchev–Trinajstić information content (AvgIpc) is 3.04. The summed E-state index contributed by atoms with van der Waals surface area (Å²) in [7, 11) is 2.15. The van der Waals surface area contributed by atoms with E-state index in [1.165, 1.54) is 35.1 Å². The molecule has 4 heterocycles. The van der Waals surface area contributed by atoms with E-state index >= 15 is 0 Å². The summed E-state index contributed by atoms with van der Waals surface area (Å²) in [6.45, 7) is 19.0. The summed E-state index contributed by atoms with van der Waals surface area (Å²) in [6, 6.07) is 6.31. The third-order valence-electron chi connectivity index (χ3n) is 9.89. The van der Waals surface area contributed by atoms with E-state index < -0.39 is 17.8 Å². The zero-order valence-electron chi connectivity index (χ0n) is 27.1. The fourth-order valence-electron chi connectivity index (χ4n) is 6.88. The monoisotopic (exact) mass is 626 g/mol. The van der Waals surface area contributed by atoms with Crippen LogP contribution in [-0.2, 0) is 17.8 Å². The molecular weight excluding hydrogens is 583 g/mol. The topological polar surface area (TPSA) is 82.3 Å². The van der Waals surface area contributed by atoms with Crippen LogP contribution in [0.3, 0.4) is 0 Å². The van der Waals surface area contributed by atoms with Gasteiger partial charge in [-0.05, 0) is 51.6 Å². The smallest absolute Gasteiger partial charge is 0.318 e. The number of aryl methyl sites for hydroxylation is 1. The minimum absolute atomic E-state index is 0.0677. The number of piperazine rings is 1. The second-order valence-electron chi connectivity index (χ2n) is 13.0. The number of hydrogen-bond donors (Lipinski definition) is 0. The molecule has 2 aromatic heterocycles. The summed E-state index contributed by atoms with van der Waals surface area (Å²) < 4.78 is 20.2. The van der Waals surface area contributed by atoms with Crippen molar-refractivity contribution >= 4 is 28.2 Å². The number of halogens is 1. The number of aromatic nitrogens is 3. The summed E-state index contributed by atoms with van der Waals surface area (Å²) in [5, 5.41) is 2.29. The highest BCUT2D eigenvalue weighted by atomic mass is 19.1. The minimum atomic E-state index is -1.01. The molecule has 11 heteroatoms. The number of fused-ring (bicyclic) bond motifs is 2. The van der Waals surface area contributed by atoms with Gasteiger partial charge in [-0.1, -0.05) is 31.2 Å². The lowest BCUT2D eigenvalue weighted by Crippen LogP contribution is -2.57. The van der Waals surface area contributed by atoms with Crippen molar-refractivity contribution in [1.29, 1.82) is 0 Å². The van der Waals surface area contributed by atoms with E-state index in [0.29, 0.717) is 38.7 Å². The zero-order valence-corrected chi connectivity index (χ0v) is 27.1. The van der Waals surface area contributed by atoms with Crippen molar-refractivity contribution < 1.29 is 13.9 Å². The molecule has 1 saturated carbocycles. The first-order valence-electron chi connectivity index (χ1n) is 16.3. The molecule has 242 valence electrons. The SMILES string of the molecule is [C-]#[N+]C[C@H]1CN(c2nc(OC[C@H](C)N(C)CC3CCC3)nc3c2CCN(c2cncc4cccc(C)c24)C3)CCN1C(=O)C(=C)F. The molecule has 10 nitrogen and oxygen atoms in total. The molecule has 0 bridgehead atoms. The van der Waals surface area contributed by atoms with Gasteiger partial charge in [-0.3, -0.25) is 9.78 Å². The molecule has 0 radical (unpaired) electrons. The van der Waals surface area contributed by atoms with Crippen LogP contribution in [0.5, 0.6) is 6.01 Å². The lowest BCUT2D eigenvalue weighted by Gasteiger charge is -2.41. The standard InChI is InChI=1S/C35H43FN8O2/c1-23-8-6-11-27-16-38-18-31(32(23)27)42-13-12-29-30(21-42)39-35(46-22-24(2)41(5)19-26-9-7-10-26)40-33(29)43-14-15-44(34(45)25(3)36)28(20-43)17-37-4/h6,8,11,16,18,24,26,28H,3,7,9-10,12-15,17,19-22H2,1-2,5H3/t24-,28-/m0/s1. The quantitative estimate of drug-likeness (QED) is 0.234. The first-order chi connectivity index (χ1) is 22.2. The molecule has 0 spiro atoms. The molecule has 1 saturated heterocycles. The van der Waals surface area contributed by atoms with Crippen molar-refractivity contribution in [2.45, 2.75) is 58.2 Å². The van der Waals surface area contributed by atoms with Crippen molar-refractivity contribution in [3.05, 3.63) is 71.2 Å². The van der Waals surface area contributed by atoms with Crippen LogP contribution < -0.4 is 14.5 Å². The Kier molecular flexibility index (Phi) is 9.36. The first kappa shape index (κ1) is 31.7. The van der Waals surface area contributed by atoms with Gasteiger partial charge in [-0.25, -0.2) is 11.0 Å². The van der Waals surface area contributed by atoms with Gasteiger partial charge in [0.1, 0.15) is 18.5 Å². The van der Waals surface area contributed by atoms with Crippen LogP contribution >= 0.6 is 0 Å². The molecule has 2 atom stereocenters. The number of pyridine rings is 1. The molecular formula is C35H43FN8O2. The number of anilines is 2. The van der Waals surface area contributed by atoms with Crippen molar-refractivity contribution in [2.75, 3.05) is 62.7 Å². The Morgan fingerprint density at radius 2 is 2.04 bits per heavy atom. The predicted octanol–water partition coefficient (Wildman–Crippen LogP) is 4.81. The average molecular weight is 627 g/mol. The molecule has 0 unspecified atom stereocenters. The second kappa shape index (κ2) is 13.6. The van der Waals surface area contributed by atoms with Gasteiger partial charge in [-0.15, -0.1) is 0 Å². The van der Waals surface area contributed by atoms with E-state index in [0.717, 1.165) is 47.2 Å². The third-order valence-corrected chi connectivity index (χ3v) is 9.89. The molecule has 3 aliphatic rings. The highest BCUT2D eigenvalue weighted by Gasteiger charge is 2.36. The fraction of sp³-hybridized carbons (Fsp3) is 0.514. The Morgan fingerprint density at radius 3 is 2.78 bits per heavy atom. The number of benzene rings is 1. The Labute approximate surface area is 270 Å². The maximum absolute atomic E-state index is 13.9. The number of amides is 1. The van der Waals surface area contributed by atoms with Crippen molar-refractivity contribution in [3.8, 4) is 6.01 Å². The van der Waals surface area contributed by atoms with Gasteiger partial charge < -0.3 is 29.2 Å². The number of likely N-dealkylation sites (N-methyl/N-ethyl adjacent to an activating group) is 1. The molecule has 46 heavy (non-hydrogen) atoms. The van der Waals surface area contributed by atoms with E-state index in [-0.39, 0.29) is 19.1 Å². The Bertz CT molecular complexity index is 1650. The van der Waals surface area contributed by atoms with E-state index in [1.54, 1.807) is 0 Å². The summed E-state index contributed by atoms with van der Waals surface area (Å²) in [5.74, 6) is -0.228. The minimum Gasteiger partial charge on any atom is -0.462 e. The van der Waals surface area contributed by atoms with Gasteiger partial charge in [0, 0.05) is 61.3 Å². The van der Waals surface area contributed by atoms with E-state index in [9.17, 15) is 9.18 Å². The van der Waals surface area contributed by atoms with Gasteiger partial charge in [0.2, 0.25) is 6.54 Å². The summed E-state index contributed by atoms with van der Waals surface area (Å²) in [4.78, 5) is 38.8. The lowest BCUT2D eigenvalue weighted by molar-refractivity contribution is -0.131. The largest absolute Gasteiger partial charge is 0.462 e. The number of carbonyl (C=O) groups is 1. The molecule has 1 aliphatic carbocycles. The van der Waals surface area contributed by atoms with Gasteiger partial charge >= 0.3 is 6.01 Å². The van der Waals surface area contributed by atoms with Crippen LogP contribution in [0.2, 0.25) is 0 Å². The van der Waals surface area contributed by atoms with E-state index in [2.05, 4.69) is 70.2 Å². The van der Waals surface area contributed by atoms with Crippen LogP contribution in [0.15, 0.2) is 43.0 Å². The number of ether oxygens (including phenoxy) is 1. The summed E-state index contributed by atoms with van der Waals surface area (Å²) >= 11 is 0. The van der Waals surface area contributed by atoms with Crippen LogP contribution in [0.1, 0.15) is 43.0 Å². The number of carbonyl (C=O) groups excluding carboxylic acids is 1. The van der Waals surface area contributed by atoms with E-state index in [1.807, 2.05) is 12.4 Å². The number of hydrogen-bond acceptors (Lipinski definition) is 8. The molecule has 6 rings (SSSR count). The molecule has 2 fully saturated rings. The van der Waals surface area contributed by atoms with Crippen LogP contribution in [0.4, 0.5) is 15.9 Å². The zero-order chi connectivity index (χ0) is 32.4. The van der Waals surface area contributed by atoms with E-state index in [4.69, 9.17) is 21.3 Å².